The summed E-state index contributed by atoms with van der Waals surface area (Å²) in [6, 6.07) is 26.3. The van der Waals surface area contributed by atoms with E-state index in [-0.39, 0.29) is 30.1 Å². The quantitative estimate of drug-likeness (QED) is 0.194. The number of piperazine rings is 1. The van der Waals surface area contributed by atoms with Crippen LogP contribution in [-0.4, -0.2) is 67.8 Å². The number of hydrogen-bond acceptors (Lipinski definition) is 5. The maximum Gasteiger partial charge on any atom is 0.227 e. The average Bonchev–Trinajstić information content (AvgIpc) is 3.39. The minimum Gasteiger partial charge on any atom is -0.339 e. The van der Waals surface area contributed by atoms with Crippen LogP contribution in [0.15, 0.2) is 90.1 Å². The monoisotopic (exact) mass is 571 g/mol. The third-order valence-electron chi connectivity index (χ3n) is 7.26. The van der Waals surface area contributed by atoms with E-state index in [9.17, 15) is 14.0 Å². The Morgan fingerprint density at radius 2 is 1.59 bits per heavy atom. The maximum atomic E-state index is 13.2. The smallest absolute Gasteiger partial charge is 0.227 e. The van der Waals surface area contributed by atoms with Crippen molar-refractivity contribution in [2.45, 2.75) is 43.8 Å². The normalized spacial score (nSPS) is 15.2. The first kappa shape index (κ1) is 28.5. The van der Waals surface area contributed by atoms with Gasteiger partial charge in [0.2, 0.25) is 11.8 Å². The summed E-state index contributed by atoms with van der Waals surface area (Å²) in [4.78, 5) is 29.5. The highest BCUT2D eigenvalue weighted by Crippen LogP contribution is 2.25. The van der Waals surface area contributed by atoms with Gasteiger partial charge in [-0.25, -0.2) is 4.39 Å². The van der Waals surface area contributed by atoms with Gasteiger partial charge in [-0.2, -0.15) is 0 Å². The van der Waals surface area contributed by atoms with Crippen molar-refractivity contribution in [3.63, 3.8) is 0 Å². The highest BCUT2D eigenvalue weighted by molar-refractivity contribution is 7.99. The summed E-state index contributed by atoms with van der Waals surface area (Å²) < 4.78 is 15.3. The number of nitrogens with zero attached hydrogens (tertiary/aromatic N) is 5. The average molecular weight is 572 g/mol. The van der Waals surface area contributed by atoms with E-state index in [1.54, 1.807) is 23.9 Å². The molecule has 1 unspecified atom stereocenters. The van der Waals surface area contributed by atoms with E-state index >= 15 is 0 Å². The zero-order chi connectivity index (χ0) is 28.6. The summed E-state index contributed by atoms with van der Waals surface area (Å²) in [7, 11) is 0. The molecule has 0 bridgehead atoms. The number of carbonyl (C=O) groups excluding carboxylic acids is 2. The van der Waals surface area contributed by atoms with Gasteiger partial charge in [0, 0.05) is 50.0 Å². The molecule has 0 aliphatic carbocycles. The summed E-state index contributed by atoms with van der Waals surface area (Å²) in [5.41, 5.74) is 2.98. The maximum absolute atomic E-state index is 13.2. The van der Waals surface area contributed by atoms with Crippen LogP contribution in [0.3, 0.4) is 0 Å². The molecule has 1 aliphatic heterocycles. The van der Waals surface area contributed by atoms with E-state index in [2.05, 4.69) is 39.0 Å². The minimum absolute atomic E-state index is 0.00164. The molecule has 4 aromatic rings. The van der Waals surface area contributed by atoms with Gasteiger partial charge >= 0.3 is 0 Å². The van der Waals surface area contributed by atoms with Gasteiger partial charge in [-0.1, -0.05) is 72.4 Å². The topological polar surface area (TPSA) is 71.3 Å². The number of halogens is 1. The Hall–Kier alpha value is -3.98. The third kappa shape index (κ3) is 7.41. The van der Waals surface area contributed by atoms with E-state index in [4.69, 9.17) is 0 Å². The van der Waals surface area contributed by atoms with E-state index in [1.807, 2.05) is 53.1 Å². The van der Waals surface area contributed by atoms with Crippen molar-refractivity contribution in [1.82, 2.24) is 24.6 Å². The minimum atomic E-state index is -0.314. The van der Waals surface area contributed by atoms with Crippen LogP contribution < -0.4 is 0 Å². The van der Waals surface area contributed by atoms with Crippen molar-refractivity contribution < 1.29 is 14.0 Å². The molecule has 0 radical (unpaired) electrons. The highest BCUT2D eigenvalue weighted by atomic mass is 32.2. The zero-order valence-electron chi connectivity index (χ0n) is 23.2. The van der Waals surface area contributed by atoms with Crippen molar-refractivity contribution in [2.75, 3.05) is 25.4 Å². The fourth-order valence-corrected chi connectivity index (χ4v) is 6.01. The van der Waals surface area contributed by atoms with Gasteiger partial charge in [0.15, 0.2) is 5.16 Å². The molecule has 0 N–H and O–H groups in total. The molecule has 2 amide bonds. The molecule has 0 spiro atoms. The van der Waals surface area contributed by atoms with Gasteiger partial charge in [0.1, 0.15) is 11.6 Å². The number of thioether (sulfide) groups is 1. The first-order chi connectivity index (χ1) is 20.0. The Bertz CT molecular complexity index is 1450. The second kappa shape index (κ2) is 13.6. The Morgan fingerprint density at radius 1 is 0.878 bits per heavy atom. The number of carbonyl (C=O) groups is 2. The molecule has 212 valence electrons. The zero-order valence-corrected chi connectivity index (χ0v) is 24.0. The molecule has 9 heteroatoms. The van der Waals surface area contributed by atoms with Crippen LogP contribution in [0.5, 0.6) is 0 Å². The predicted molar refractivity (Wildman–Crippen MR) is 158 cm³/mol. The molecule has 1 aromatic heterocycles. The van der Waals surface area contributed by atoms with E-state index in [0.29, 0.717) is 32.5 Å². The van der Waals surface area contributed by atoms with Crippen LogP contribution in [0.2, 0.25) is 0 Å². The Morgan fingerprint density at radius 3 is 2.29 bits per heavy atom. The van der Waals surface area contributed by atoms with Crippen LogP contribution in [-0.2, 0) is 22.4 Å². The lowest BCUT2D eigenvalue weighted by atomic mass is 10.1. The van der Waals surface area contributed by atoms with Gasteiger partial charge in [-0.15, -0.1) is 10.2 Å². The number of benzene rings is 3. The number of amides is 2. The van der Waals surface area contributed by atoms with E-state index in [1.165, 1.54) is 17.7 Å². The molecule has 3 aromatic carbocycles. The van der Waals surface area contributed by atoms with Crippen LogP contribution >= 0.6 is 11.8 Å². The number of hydrogen-bond donors (Lipinski definition) is 0. The Labute approximate surface area is 244 Å². The largest absolute Gasteiger partial charge is 0.339 e. The summed E-state index contributed by atoms with van der Waals surface area (Å²) in [6.45, 7) is 3.52. The van der Waals surface area contributed by atoms with Crippen LogP contribution in [0, 0.1) is 5.82 Å². The molecule has 1 atom stereocenters. The fourth-order valence-electron chi connectivity index (χ4n) is 5.10. The van der Waals surface area contributed by atoms with E-state index < -0.39 is 0 Å². The number of aromatic nitrogens is 3. The highest BCUT2D eigenvalue weighted by Gasteiger charge is 2.29. The van der Waals surface area contributed by atoms with Gasteiger partial charge < -0.3 is 9.80 Å². The van der Waals surface area contributed by atoms with Gasteiger partial charge in [0.25, 0.3) is 0 Å². The molecule has 1 fully saturated rings. The van der Waals surface area contributed by atoms with E-state index in [0.717, 1.165) is 34.4 Å². The Kier molecular flexibility index (Phi) is 9.46. The summed E-state index contributed by atoms with van der Waals surface area (Å²) in [5.74, 6) is 1.42. The second-order valence-corrected chi connectivity index (χ2v) is 11.3. The van der Waals surface area contributed by atoms with Crippen LogP contribution in [0.1, 0.15) is 36.7 Å². The molecular formula is C32H34FN5O2S. The molecule has 0 saturated carbocycles. The van der Waals surface area contributed by atoms with Crippen molar-refractivity contribution >= 4 is 23.6 Å². The first-order valence-electron chi connectivity index (χ1n) is 14.0. The van der Waals surface area contributed by atoms with Gasteiger partial charge in [-0.3, -0.25) is 14.2 Å². The molecular weight excluding hydrogens is 537 g/mol. The van der Waals surface area contributed by atoms with Crippen molar-refractivity contribution in [2.24, 2.45) is 0 Å². The predicted octanol–water partition coefficient (Wildman–Crippen LogP) is 5.17. The molecule has 1 aliphatic rings. The van der Waals surface area contributed by atoms with Crippen LogP contribution in [0.25, 0.3) is 5.69 Å². The molecule has 41 heavy (non-hydrogen) atoms. The summed E-state index contributed by atoms with van der Waals surface area (Å²) >= 11 is 1.61. The fraction of sp³-hybridized carbons (Fsp3) is 0.312. The molecule has 5 rings (SSSR count). The van der Waals surface area contributed by atoms with Crippen LogP contribution in [0.4, 0.5) is 4.39 Å². The summed E-state index contributed by atoms with van der Waals surface area (Å²) in [6.07, 6.45) is 2.08. The third-order valence-corrected chi connectivity index (χ3v) is 8.27. The van der Waals surface area contributed by atoms with Crippen molar-refractivity contribution in [1.29, 1.82) is 0 Å². The molecule has 2 heterocycles. The van der Waals surface area contributed by atoms with Crippen molar-refractivity contribution in [3.8, 4) is 5.69 Å². The first-order valence-corrected chi connectivity index (χ1v) is 14.9. The summed E-state index contributed by atoms with van der Waals surface area (Å²) in [5, 5.41) is 9.81. The Balaban J connectivity index is 1.12. The second-order valence-electron chi connectivity index (χ2n) is 10.3. The van der Waals surface area contributed by atoms with Crippen molar-refractivity contribution in [3.05, 3.63) is 108 Å². The van der Waals surface area contributed by atoms with Gasteiger partial charge in [0.05, 0.1) is 6.42 Å². The molecule has 7 nitrogen and oxygen atoms in total. The standard InChI is InChI=1S/C32H34FN5O2S/c1-24-23-36(18-19-37(24)31(40)22-26-14-16-27(33)17-15-26)30(39)13-8-20-41-32-35-34-29(21-25-9-4-2-5-10-25)38(32)28-11-6-3-7-12-28/h2-7,9-12,14-17,24H,8,13,18-23H2,1H3. The number of para-hydroxylation sites is 1. The number of rotatable bonds is 10. The molecule has 1 saturated heterocycles. The lowest BCUT2D eigenvalue weighted by Crippen LogP contribution is -2.55. The lowest BCUT2D eigenvalue weighted by Gasteiger charge is -2.40. The lowest BCUT2D eigenvalue weighted by molar-refractivity contribution is -0.142. The van der Waals surface area contributed by atoms with Gasteiger partial charge in [-0.05, 0) is 48.7 Å². The SMILES string of the molecule is CC1CN(C(=O)CCCSc2nnc(Cc3ccccc3)n2-c2ccccc2)CCN1C(=O)Cc1ccc(F)cc1.